The lowest BCUT2D eigenvalue weighted by Crippen LogP contribution is -2.12. The van der Waals surface area contributed by atoms with Crippen LogP contribution >= 0.6 is 0 Å². The third-order valence-electron chi connectivity index (χ3n) is 1.84. The highest BCUT2D eigenvalue weighted by atomic mass is 16.5. The van der Waals surface area contributed by atoms with Gasteiger partial charge >= 0.3 is 0 Å². The average molecular weight is 208 g/mol. The fraction of sp³-hybridized carbons (Fsp3) is 0.250. The average Bonchev–Trinajstić information content (AvgIpc) is 2.71. The van der Waals surface area contributed by atoms with E-state index in [4.69, 9.17) is 14.8 Å². The number of amides is 1. The van der Waals surface area contributed by atoms with Crippen molar-refractivity contribution >= 4 is 5.91 Å². The first-order valence-electron chi connectivity index (χ1n) is 4.16. The quantitative estimate of drug-likeness (QED) is 0.766. The van der Waals surface area contributed by atoms with Gasteiger partial charge in [0.1, 0.15) is 11.3 Å². The van der Waals surface area contributed by atoms with E-state index in [-0.39, 0.29) is 17.1 Å². The predicted molar refractivity (Wildman–Crippen MR) is 47.8 cm³/mol. The molecule has 0 aliphatic heterocycles. The van der Waals surface area contributed by atoms with Crippen LogP contribution in [0.2, 0.25) is 0 Å². The van der Waals surface area contributed by atoms with Gasteiger partial charge in [0, 0.05) is 0 Å². The minimum atomic E-state index is -0.639. The Hall–Kier alpha value is -2.18. The van der Waals surface area contributed by atoms with Crippen LogP contribution in [0.25, 0.3) is 11.6 Å². The second-order valence-electron chi connectivity index (χ2n) is 2.97. The van der Waals surface area contributed by atoms with Crippen LogP contribution in [0.4, 0.5) is 0 Å². The van der Waals surface area contributed by atoms with E-state index in [9.17, 15) is 4.79 Å². The number of nitrogens with zero attached hydrogens (tertiary/aromatic N) is 3. The van der Waals surface area contributed by atoms with Crippen molar-refractivity contribution in [2.45, 2.75) is 13.8 Å². The summed E-state index contributed by atoms with van der Waals surface area (Å²) < 4.78 is 9.71. The SMILES string of the molecule is Cc1noc(-c2noc(C)c2C(N)=O)n1. The first kappa shape index (κ1) is 9.38. The molecule has 0 radical (unpaired) electrons. The van der Waals surface area contributed by atoms with E-state index >= 15 is 0 Å². The van der Waals surface area contributed by atoms with Crippen molar-refractivity contribution in [3.63, 3.8) is 0 Å². The molecule has 0 aromatic carbocycles. The Morgan fingerprint density at radius 3 is 2.53 bits per heavy atom. The second kappa shape index (κ2) is 3.19. The maximum Gasteiger partial charge on any atom is 0.280 e. The molecule has 1 amide bonds. The highest BCUT2D eigenvalue weighted by Crippen LogP contribution is 2.22. The molecule has 2 N–H and O–H groups in total. The summed E-state index contributed by atoms with van der Waals surface area (Å²) in [6, 6.07) is 0. The minimum absolute atomic E-state index is 0.123. The molecule has 78 valence electrons. The molecule has 0 spiro atoms. The largest absolute Gasteiger partial charge is 0.365 e. The Balaban J connectivity index is 2.58. The molecular formula is C8H8N4O3. The van der Waals surface area contributed by atoms with Crippen LogP contribution in [0.5, 0.6) is 0 Å². The summed E-state index contributed by atoms with van der Waals surface area (Å²) in [5.74, 6) is 0.257. The van der Waals surface area contributed by atoms with Gasteiger partial charge < -0.3 is 14.8 Å². The Morgan fingerprint density at radius 1 is 1.27 bits per heavy atom. The molecule has 0 fully saturated rings. The van der Waals surface area contributed by atoms with Crippen LogP contribution in [0.1, 0.15) is 21.9 Å². The van der Waals surface area contributed by atoms with Crippen LogP contribution in [0.3, 0.4) is 0 Å². The summed E-state index contributed by atoms with van der Waals surface area (Å²) in [6.07, 6.45) is 0. The number of rotatable bonds is 2. The lowest BCUT2D eigenvalue weighted by molar-refractivity contribution is 0.0999. The first-order chi connectivity index (χ1) is 7.09. The van der Waals surface area contributed by atoms with E-state index in [2.05, 4.69) is 15.3 Å². The molecule has 0 bridgehead atoms. The smallest absolute Gasteiger partial charge is 0.280 e. The fourth-order valence-corrected chi connectivity index (χ4v) is 1.20. The Kier molecular flexibility index (Phi) is 2.00. The molecule has 0 saturated heterocycles. The van der Waals surface area contributed by atoms with E-state index < -0.39 is 5.91 Å². The van der Waals surface area contributed by atoms with Gasteiger partial charge in [-0.2, -0.15) is 4.98 Å². The molecule has 0 atom stereocenters. The van der Waals surface area contributed by atoms with Crippen LogP contribution in [-0.2, 0) is 0 Å². The zero-order chi connectivity index (χ0) is 11.0. The monoisotopic (exact) mass is 208 g/mol. The van der Waals surface area contributed by atoms with Crippen molar-refractivity contribution in [2.75, 3.05) is 0 Å². The van der Waals surface area contributed by atoms with Gasteiger partial charge in [0.15, 0.2) is 11.5 Å². The van der Waals surface area contributed by atoms with Gasteiger partial charge in [0.25, 0.3) is 11.8 Å². The zero-order valence-electron chi connectivity index (χ0n) is 8.14. The van der Waals surface area contributed by atoms with Gasteiger partial charge in [0.05, 0.1) is 0 Å². The van der Waals surface area contributed by atoms with Gasteiger partial charge in [-0.1, -0.05) is 10.3 Å². The molecule has 0 saturated carbocycles. The summed E-state index contributed by atoms with van der Waals surface area (Å²) in [7, 11) is 0. The topological polar surface area (TPSA) is 108 Å². The highest BCUT2D eigenvalue weighted by Gasteiger charge is 2.23. The molecule has 15 heavy (non-hydrogen) atoms. The van der Waals surface area contributed by atoms with Gasteiger partial charge in [-0.25, -0.2) is 0 Å². The van der Waals surface area contributed by atoms with Crippen LogP contribution in [0.15, 0.2) is 9.05 Å². The van der Waals surface area contributed by atoms with Crippen molar-refractivity contribution in [1.29, 1.82) is 0 Å². The van der Waals surface area contributed by atoms with Gasteiger partial charge in [-0.15, -0.1) is 0 Å². The van der Waals surface area contributed by atoms with Gasteiger partial charge in [0.2, 0.25) is 0 Å². The van der Waals surface area contributed by atoms with Crippen LogP contribution in [0, 0.1) is 13.8 Å². The standard InChI is InChI=1S/C8H8N4O3/c1-3-5(7(9)13)6(12-14-3)8-10-4(2)11-15-8/h1-2H3,(H2,9,13). The molecule has 2 rings (SSSR count). The summed E-state index contributed by atoms with van der Waals surface area (Å²) in [5, 5.41) is 7.23. The zero-order valence-corrected chi connectivity index (χ0v) is 8.14. The second-order valence-corrected chi connectivity index (χ2v) is 2.97. The maximum absolute atomic E-state index is 11.1. The first-order valence-corrected chi connectivity index (χ1v) is 4.16. The van der Waals surface area contributed by atoms with Crippen molar-refractivity contribution < 1.29 is 13.8 Å². The minimum Gasteiger partial charge on any atom is -0.365 e. The van der Waals surface area contributed by atoms with E-state index in [0.717, 1.165) is 0 Å². The normalized spacial score (nSPS) is 10.5. The van der Waals surface area contributed by atoms with E-state index in [1.54, 1.807) is 13.8 Å². The molecule has 2 heterocycles. The molecule has 2 aromatic rings. The van der Waals surface area contributed by atoms with E-state index in [1.807, 2.05) is 0 Å². The number of primary amides is 1. The summed E-state index contributed by atoms with van der Waals surface area (Å²) in [5.41, 5.74) is 5.52. The summed E-state index contributed by atoms with van der Waals surface area (Å²) >= 11 is 0. The van der Waals surface area contributed by atoms with E-state index in [1.165, 1.54) is 0 Å². The maximum atomic E-state index is 11.1. The Morgan fingerprint density at radius 2 is 2.00 bits per heavy atom. The summed E-state index contributed by atoms with van der Waals surface area (Å²) in [6.45, 7) is 3.24. The number of carbonyl (C=O) groups excluding carboxylic acids is 1. The van der Waals surface area contributed by atoms with Crippen LogP contribution in [-0.4, -0.2) is 21.2 Å². The number of nitrogens with two attached hydrogens (primary N) is 1. The van der Waals surface area contributed by atoms with Crippen LogP contribution < -0.4 is 5.73 Å². The lowest BCUT2D eigenvalue weighted by Gasteiger charge is -1.91. The third-order valence-corrected chi connectivity index (χ3v) is 1.84. The summed E-state index contributed by atoms with van der Waals surface area (Å²) in [4.78, 5) is 15.0. The van der Waals surface area contributed by atoms with E-state index in [0.29, 0.717) is 11.6 Å². The Labute approximate surface area is 84.2 Å². The van der Waals surface area contributed by atoms with Gasteiger partial charge in [-0.3, -0.25) is 4.79 Å². The van der Waals surface area contributed by atoms with Crippen molar-refractivity contribution in [1.82, 2.24) is 15.3 Å². The highest BCUT2D eigenvalue weighted by molar-refractivity contribution is 5.98. The number of aryl methyl sites for hydroxylation is 2. The van der Waals surface area contributed by atoms with Crippen molar-refractivity contribution in [3.05, 3.63) is 17.1 Å². The number of aromatic nitrogens is 3. The lowest BCUT2D eigenvalue weighted by atomic mass is 10.2. The molecule has 7 heteroatoms. The fourth-order valence-electron chi connectivity index (χ4n) is 1.20. The molecule has 0 aliphatic rings. The number of hydrogen-bond acceptors (Lipinski definition) is 6. The molecule has 2 aromatic heterocycles. The van der Waals surface area contributed by atoms with Crippen molar-refractivity contribution in [3.8, 4) is 11.6 Å². The van der Waals surface area contributed by atoms with Gasteiger partial charge in [-0.05, 0) is 13.8 Å². The molecule has 7 nitrogen and oxygen atoms in total. The van der Waals surface area contributed by atoms with Crippen molar-refractivity contribution in [2.24, 2.45) is 5.73 Å². The third kappa shape index (κ3) is 1.47. The Bertz CT molecular complexity index is 514. The predicted octanol–water partition coefficient (Wildman–Crippen LogP) is 0.440. The number of hydrogen-bond donors (Lipinski definition) is 1. The number of carbonyl (C=O) groups is 1. The molecule has 0 aliphatic carbocycles. The molecular weight excluding hydrogens is 200 g/mol. The molecule has 0 unspecified atom stereocenters.